The molecule has 1 aliphatic rings. The maximum Gasteiger partial charge on any atom is 0.352 e. The summed E-state index contributed by atoms with van der Waals surface area (Å²) in [6.07, 6.45) is -0.541. The number of ether oxygens (including phenoxy) is 1. The van der Waals surface area contributed by atoms with Gasteiger partial charge in [-0.25, -0.2) is 4.79 Å². The van der Waals surface area contributed by atoms with Crippen molar-refractivity contribution in [2.45, 2.75) is 37.2 Å². The number of rotatable bonds is 2. The number of nitrogens with zero attached hydrogens (tertiary/aromatic N) is 2. The lowest BCUT2D eigenvalue weighted by Crippen LogP contribution is -2.58. The fraction of sp³-hybridized carbons (Fsp3) is 0.636. The van der Waals surface area contributed by atoms with Crippen LogP contribution < -0.4 is 11.4 Å². The van der Waals surface area contributed by atoms with Gasteiger partial charge in [-0.15, -0.1) is 0 Å². The van der Waals surface area contributed by atoms with Crippen LogP contribution in [0.1, 0.15) is 13.8 Å². The van der Waals surface area contributed by atoms with Crippen LogP contribution in [0, 0.1) is 0 Å². The molecule has 0 unspecified atom stereocenters. The predicted octanol–water partition coefficient (Wildman–Crippen LogP) is -0.724. The van der Waals surface area contributed by atoms with E-state index in [1.54, 1.807) is 0 Å². The van der Waals surface area contributed by atoms with Crippen LogP contribution in [0.15, 0.2) is 17.1 Å². The van der Waals surface area contributed by atoms with Crippen LogP contribution in [0.25, 0.3) is 0 Å². The molecular weight excluding hydrogens is 276 g/mol. The summed E-state index contributed by atoms with van der Waals surface area (Å²) in [6, 6.07) is 1.16. The second-order valence-electron chi connectivity index (χ2n) is 5.00. The molecule has 0 radical (unpaired) electrons. The van der Waals surface area contributed by atoms with Crippen molar-refractivity contribution in [1.29, 1.82) is 0 Å². The Kier molecular flexibility index (Phi) is 3.12. The number of nitrogen functional groups attached to an aromatic ring is 1. The summed E-state index contributed by atoms with van der Waals surface area (Å²) in [5.41, 5.74) is -0.865. The van der Waals surface area contributed by atoms with E-state index in [2.05, 4.69) is 4.98 Å². The van der Waals surface area contributed by atoms with Crippen molar-refractivity contribution in [1.82, 2.24) is 9.55 Å². The number of anilines is 1. The molecule has 1 aromatic rings. The molecule has 1 saturated heterocycles. The Morgan fingerprint density at radius 1 is 1.55 bits per heavy atom. The Morgan fingerprint density at radius 3 is 2.60 bits per heavy atom. The first-order chi connectivity index (χ1) is 9.08. The Morgan fingerprint density at radius 2 is 2.15 bits per heavy atom. The minimum Gasteiger partial charge on any atom is -0.394 e. The lowest BCUT2D eigenvalue weighted by atomic mass is 9.89. The van der Waals surface area contributed by atoms with Gasteiger partial charge in [0.05, 0.1) is 6.61 Å². The summed E-state index contributed by atoms with van der Waals surface area (Å²) < 4.78 is 34.6. The lowest BCUT2D eigenvalue weighted by molar-refractivity contribution is -0.227. The third-order valence-electron chi connectivity index (χ3n) is 3.67. The van der Waals surface area contributed by atoms with Gasteiger partial charge in [0.25, 0.3) is 0 Å². The molecule has 2 heterocycles. The molecule has 20 heavy (non-hydrogen) atoms. The Balaban J connectivity index is 2.63. The van der Waals surface area contributed by atoms with Gasteiger partial charge in [-0.3, -0.25) is 4.57 Å². The third kappa shape index (κ3) is 1.67. The van der Waals surface area contributed by atoms with Gasteiger partial charge in [-0.05, 0) is 19.9 Å². The molecule has 3 atom stereocenters. The highest BCUT2D eigenvalue weighted by Crippen LogP contribution is 2.52. The van der Waals surface area contributed by atoms with Crippen molar-refractivity contribution < 1.29 is 23.7 Å². The first-order valence-electron chi connectivity index (χ1n) is 5.82. The van der Waals surface area contributed by atoms with E-state index in [4.69, 9.17) is 15.6 Å². The molecule has 112 valence electrons. The number of aliphatic hydroxyl groups is 2. The highest BCUT2D eigenvalue weighted by Gasteiger charge is 2.73. The number of aliphatic hydroxyl groups excluding tert-OH is 1. The molecule has 0 spiro atoms. The van der Waals surface area contributed by atoms with Crippen LogP contribution in [0.2, 0.25) is 0 Å². The Labute approximate surface area is 112 Å². The predicted molar refractivity (Wildman–Crippen MR) is 64.1 cm³/mol. The van der Waals surface area contributed by atoms with Crippen LogP contribution in [-0.4, -0.2) is 44.0 Å². The molecule has 4 N–H and O–H groups in total. The van der Waals surface area contributed by atoms with Crippen LogP contribution in [0.5, 0.6) is 0 Å². The molecule has 0 amide bonds. The molecule has 1 aliphatic heterocycles. The molecule has 0 bridgehead atoms. The van der Waals surface area contributed by atoms with E-state index >= 15 is 0 Å². The minimum absolute atomic E-state index is 0.123. The second-order valence-corrected chi connectivity index (χ2v) is 5.00. The van der Waals surface area contributed by atoms with Crippen molar-refractivity contribution >= 4 is 5.82 Å². The first-order valence-corrected chi connectivity index (χ1v) is 5.82. The van der Waals surface area contributed by atoms with Gasteiger partial charge in [0, 0.05) is 6.20 Å². The minimum atomic E-state index is -3.84. The van der Waals surface area contributed by atoms with Crippen molar-refractivity contribution in [2.24, 2.45) is 0 Å². The van der Waals surface area contributed by atoms with Crippen LogP contribution in [0.4, 0.5) is 14.6 Å². The molecule has 0 saturated carbocycles. The van der Waals surface area contributed by atoms with Crippen molar-refractivity contribution in [3.63, 3.8) is 0 Å². The lowest BCUT2D eigenvalue weighted by Gasteiger charge is -2.34. The van der Waals surface area contributed by atoms with E-state index < -0.39 is 35.6 Å². The highest BCUT2D eigenvalue weighted by atomic mass is 19.3. The summed E-state index contributed by atoms with van der Waals surface area (Å²) in [7, 11) is 0. The SMILES string of the molecule is C[C@@]1(n2ccc(N)nc2=O)O[C@H](CO)[C@@](C)(O)C1(F)F. The van der Waals surface area contributed by atoms with E-state index in [9.17, 15) is 18.7 Å². The molecule has 1 aromatic heterocycles. The zero-order valence-corrected chi connectivity index (χ0v) is 10.9. The number of hydrogen-bond acceptors (Lipinski definition) is 6. The topological polar surface area (TPSA) is 111 Å². The third-order valence-corrected chi connectivity index (χ3v) is 3.67. The number of nitrogens with two attached hydrogens (primary N) is 1. The van der Waals surface area contributed by atoms with Crippen LogP contribution in [0.3, 0.4) is 0 Å². The Hall–Kier alpha value is -1.58. The maximum absolute atomic E-state index is 14.5. The summed E-state index contributed by atoms with van der Waals surface area (Å²) in [4.78, 5) is 15.1. The van der Waals surface area contributed by atoms with Crippen molar-refractivity contribution in [3.8, 4) is 0 Å². The van der Waals surface area contributed by atoms with Crippen LogP contribution in [-0.2, 0) is 10.5 Å². The first kappa shape index (κ1) is 14.8. The van der Waals surface area contributed by atoms with E-state index in [-0.39, 0.29) is 5.82 Å². The fourth-order valence-electron chi connectivity index (χ4n) is 2.30. The molecule has 0 aliphatic carbocycles. The number of aromatic nitrogens is 2. The average Bonchev–Trinajstić information content (AvgIpc) is 2.47. The zero-order valence-electron chi connectivity index (χ0n) is 10.9. The number of halogens is 2. The maximum atomic E-state index is 14.5. The molecule has 7 nitrogen and oxygen atoms in total. The molecule has 2 rings (SSSR count). The van der Waals surface area contributed by atoms with Gasteiger partial charge in [-0.2, -0.15) is 13.8 Å². The monoisotopic (exact) mass is 291 g/mol. The molecule has 0 aromatic carbocycles. The number of alkyl halides is 2. The van der Waals surface area contributed by atoms with Gasteiger partial charge >= 0.3 is 11.6 Å². The van der Waals surface area contributed by atoms with Gasteiger partial charge < -0.3 is 20.7 Å². The average molecular weight is 291 g/mol. The fourth-order valence-corrected chi connectivity index (χ4v) is 2.30. The summed E-state index contributed by atoms with van der Waals surface area (Å²) >= 11 is 0. The van der Waals surface area contributed by atoms with E-state index in [1.165, 1.54) is 0 Å². The van der Waals surface area contributed by atoms with E-state index in [1.807, 2.05) is 0 Å². The van der Waals surface area contributed by atoms with Crippen LogP contribution >= 0.6 is 0 Å². The molecule has 9 heteroatoms. The summed E-state index contributed by atoms with van der Waals surface area (Å²) in [5, 5.41) is 19.0. The largest absolute Gasteiger partial charge is 0.394 e. The summed E-state index contributed by atoms with van der Waals surface area (Å²) in [6.45, 7) is 0.959. The number of hydrogen-bond donors (Lipinski definition) is 3. The van der Waals surface area contributed by atoms with Gasteiger partial charge in [0.2, 0.25) is 5.72 Å². The molecular formula is C11H15F2N3O4. The standard InChI is InChI=1S/C11H15F2N3O4/c1-9(19)6(5-17)20-10(2,11(9,12)13)16-4-3-7(14)15-8(16)18/h3-4,6,17,19H,5H2,1-2H3,(H2,14,15,18)/t6-,9-,10-/m1/s1. The summed E-state index contributed by atoms with van der Waals surface area (Å²) in [5.74, 6) is -3.96. The Bertz CT molecular complexity index is 589. The quantitative estimate of drug-likeness (QED) is 0.663. The van der Waals surface area contributed by atoms with Crippen molar-refractivity contribution in [3.05, 3.63) is 22.7 Å². The zero-order chi connectivity index (χ0) is 15.3. The van der Waals surface area contributed by atoms with Gasteiger partial charge in [0.15, 0.2) is 5.60 Å². The van der Waals surface area contributed by atoms with E-state index in [0.29, 0.717) is 4.57 Å². The smallest absolute Gasteiger partial charge is 0.352 e. The second kappa shape index (κ2) is 4.21. The van der Waals surface area contributed by atoms with Gasteiger partial charge in [-0.1, -0.05) is 0 Å². The normalized spacial score (nSPS) is 36.2. The van der Waals surface area contributed by atoms with E-state index in [0.717, 1.165) is 26.1 Å². The van der Waals surface area contributed by atoms with Gasteiger partial charge in [0.1, 0.15) is 11.9 Å². The highest BCUT2D eigenvalue weighted by molar-refractivity contribution is 5.24. The van der Waals surface area contributed by atoms with Crippen molar-refractivity contribution in [2.75, 3.05) is 12.3 Å². The molecule has 1 fully saturated rings.